The summed E-state index contributed by atoms with van der Waals surface area (Å²) in [6.07, 6.45) is 1.57. The molecule has 3 rings (SSSR count). The zero-order valence-electron chi connectivity index (χ0n) is 14.8. The van der Waals surface area contributed by atoms with Gasteiger partial charge in [-0.3, -0.25) is 14.2 Å². The number of anilines is 1. The van der Waals surface area contributed by atoms with Crippen LogP contribution in [-0.4, -0.2) is 39.4 Å². The third kappa shape index (κ3) is 4.62. The molecule has 0 fully saturated rings. The van der Waals surface area contributed by atoms with E-state index in [-0.39, 0.29) is 22.2 Å². The summed E-state index contributed by atoms with van der Waals surface area (Å²) in [5.74, 6) is -0.0239. The molecular formula is C18H16ClN5O3S. The first-order chi connectivity index (χ1) is 13.5. The number of ether oxygens (including phenoxy) is 1. The molecule has 1 heterocycles. The molecule has 2 amide bonds. The monoisotopic (exact) mass is 417 g/mol. The van der Waals surface area contributed by atoms with E-state index >= 15 is 0 Å². The van der Waals surface area contributed by atoms with Crippen LogP contribution in [0.5, 0.6) is 5.75 Å². The number of carbonyl (C=O) groups excluding carboxylic acids is 2. The van der Waals surface area contributed by atoms with Crippen molar-refractivity contribution >= 4 is 40.9 Å². The summed E-state index contributed by atoms with van der Waals surface area (Å²) in [5, 5.41) is 11.4. The Morgan fingerprint density at radius 2 is 2.00 bits per heavy atom. The van der Waals surface area contributed by atoms with E-state index in [9.17, 15) is 9.59 Å². The van der Waals surface area contributed by atoms with Gasteiger partial charge in [-0.25, -0.2) is 0 Å². The minimum absolute atomic E-state index is 0.115. The number of hydrogen-bond acceptors (Lipinski definition) is 6. The van der Waals surface area contributed by atoms with Crippen LogP contribution in [0.1, 0.15) is 10.4 Å². The highest BCUT2D eigenvalue weighted by Gasteiger charge is 2.12. The number of aromatic nitrogens is 3. The lowest BCUT2D eigenvalue weighted by atomic mass is 10.2. The molecule has 2 aromatic carbocycles. The second-order valence-electron chi connectivity index (χ2n) is 5.58. The van der Waals surface area contributed by atoms with Crippen molar-refractivity contribution in [2.75, 3.05) is 18.2 Å². The molecule has 28 heavy (non-hydrogen) atoms. The number of nitrogens with zero attached hydrogens (tertiary/aromatic N) is 3. The van der Waals surface area contributed by atoms with Crippen molar-refractivity contribution in [1.29, 1.82) is 0 Å². The molecule has 0 saturated carbocycles. The summed E-state index contributed by atoms with van der Waals surface area (Å²) in [6, 6.07) is 11.9. The molecule has 0 aliphatic carbocycles. The van der Waals surface area contributed by atoms with E-state index in [1.54, 1.807) is 24.1 Å². The number of methoxy groups -OCH3 is 1. The van der Waals surface area contributed by atoms with E-state index in [0.29, 0.717) is 10.8 Å². The number of rotatable bonds is 7. The normalized spacial score (nSPS) is 10.5. The molecule has 3 N–H and O–H groups in total. The van der Waals surface area contributed by atoms with Crippen molar-refractivity contribution in [3.8, 4) is 11.4 Å². The molecule has 10 heteroatoms. The maximum absolute atomic E-state index is 12.2. The smallest absolute Gasteiger partial charge is 0.250 e. The van der Waals surface area contributed by atoms with E-state index in [2.05, 4.69) is 15.5 Å². The minimum Gasteiger partial charge on any atom is -0.497 e. The SMILES string of the molecule is COc1ccc(-n2cnnc2SCC(=O)Nc2ccc(C(N)=O)c(Cl)c2)cc1. The highest BCUT2D eigenvalue weighted by Crippen LogP contribution is 2.23. The van der Waals surface area contributed by atoms with Gasteiger partial charge < -0.3 is 15.8 Å². The quantitative estimate of drug-likeness (QED) is 0.571. The van der Waals surface area contributed by atoms with Crippen LogP contribution in [0.4, 0.5) is 5.69 Å². The van der Waals surface area contributed by atoms with E-state index in [1.165, 1.54) is 23.9 Å². The average molecular weight is 418 g/mol. The maximum atomic E-state index is 12.2. The van der Waals surface area contributed by atoms with Crippen molar-refractivity contribution in [2.45, 2.75) is 5.16 Å². The van der Waals surface area contributed by atoms with Crippen molar-refractivity contribution in [2.24, 2.45) is 5.73 Å². The third-order valence-corrected chi connectivity index (χ3v) is 4.97. The predicted octanol–water partition coefficient (Wildman–Crippen LogP) is 2.76. The number of primary amides is 1. The van der Waals surface area contributed by atoms with Crippen LogP contribution >= 0.6 is 23.4 Å². The lowest BCUT2D eigenvalue weighted by molar-refractivity contribution is -0.113. The molecule has 0 atom stereocenters. The van der Waals surface area contributed by atoms with E-state index in [1.807, 2.05) is 24.3 Å². The molecule has 3 aromatic rings. The molecule has 1 aromatic heterocycles. The van der Waals surface area contributed by atoms with Crippen LogP contribution in [0.25, 0.3) is 5.69 Å². The van der Waals surface area contributed by atoms with Gasteiger partial charge in [-0.05, 0) is 42.5 Å². The van der Waals surface area contributed by atoms with Crippen LogP contribution < -0.4 is 15.8 Å². The fraction of sp³-hybridized carbons (Fsp3) is 0.111. The Hall–Kier alpha value is -3.04. The van der Waals surface area contributed by atoms with E-state index < -0.39 is 5.91 Å². The average Bonchev–Trinajstić information content (AvgIpc) is 3.15. The van der Waals surface area contributed by atoms with Gasteiger partial charge in [0.1, 0.15) is 12.1 Å². The number of nitrogens with one attached hydrogen (secondary N) is 1. The Labute approximate surface area is 170 Å². The van der Waals surface area contributed by atoms with Crippen molar-refractivity contribution in [1.82, 2.24) is 14.8 Å². The number of benzene rings is 2. The van der Waals surface area contributed by atoms with Crippen LogP contribution in [0.2, 0.25) is 5.02 Å². The molecular weight excluding hydrogens is 402 g/mol. The Kier molecular flexibility index (Phi) is 6.17. The maximum Gasteiger partial charge on any atom is 0.250 e. The van der Waals surface area contributed by atoms with Gasteiger partial charge in [0.15, 0.2) is 5.16 Å². The molecule has 0 bridgehead atoms. The standard InChI is InChI=1S/C18H16ClN5O3S/c1-27-13-5-3-12(4-6-13)24-10-21-23-18(24)28-9-16(25)22-11-2-7-14(17(20)26)15(19)8-11/h2-8,10H,9H2,1H3,(H2,20,26)(H,22,25). The zero-order valence-corrected chi connectivity index (χ0v) is 16.3. The van der Waals surface area contributed by atoms with Gasteiger partial charge in [0.2, 0.25) is 11.8 Å². The largest absolute Gasteiger partial charge is 0.497 e. The summed E-state index contributed by atoms with van der Waals surface area (Å²) in [7, 11) is 1.60. The molecule has 0 aliphatic heterocycles. The molecule has 0 aliphatic rings. The van der Waals surface area contributed by atoms with E-state index in [0.717, 1.165) is 11.4 Å². The van der Waals surface area contributed by atoms with Gasteiger partial charge in [0, 0.05) is 11.4 Å². The summed E-state index contributed by atoms with van der Waals surface area (Å²) < 4.78 is 6.92. The lowest BCUT2D eigenvalue weighted by Crippen LogP contribution is -2.15. The molecule has 8 nitrogen and oxygen atoms in total. The van der Waals surface area contributed by atoms with Gasteiger partial charge in [-0.2, -0.15) is 0 Å². The minimum atomic E-state index is -0.628. The summed E-state index contributed by atoms with van der Waals surface area (Å²) in [6.45, 7) is 0. The second-order valence-corrected chi connectivity index (χ2v) is 6.93. The molecule has 0 saturated heterocycles. The molecule has 0 spiro atoms. The highest BCUT2D eigenvalue weighted by atomic mass is 35.5. The number of halogens is 1. The Bertz CT molecular complexity index is 1010. The van der Waals surface area contributed by atoms with Crippen molar-refractivity contribution in [3.63, 3.8) is 0 Å². The topological polar surface area (TPSA) is 112 Å². The van der Waals surface area contributed by atoms with E-state index in [4.69, 9.17) is 22.1 Å². The van der Waals surface area contributed by atoms with Crippen LogP contribution in [0, 0.1) is 0 Å². The number of hydrogen-bond donors (Lipinski definition) is 2. The highest BCUT2D eigenvalue weighted by molar-refractivity contribution is 7.99. The Balaban J connectivity index is 1.63. The van der Waals surface area contributed by atoms with Crippen molar-refractivity contribution < 1.29 is 14.3 Å². The van der Waals surface area contributed by atoms with Gasteiger partial charge in [0.05, 0.1) is 23.4 Å². The second kappa shape index (κ2) is 8.77. The van der Waals surface area contributed by atoms with Gasteiger partial charge >= 0.3 is 0 Å². The Morgan fingerprint density at radius 1 is 1.25 bits per heavy atom. The number of nitrogens with two attached hydrogens (primary N) is 1. The fourth-order valence-corrected chi connectivity index (χ4v) is 3.37. The first-order valence-electron chi connectivity index (χ1n) is 8.04. The van der Waals surface area contributed by atoms with Crippen LogP contribution in [-0.2, 0) is 4.79 Å². The first-order valence-corrected chi connectivity index (χ1v) is 9.40. The number of amides is 2. The molecule has 0 unspecified atom stereocenters. The number of thioether (sulfide) groups is 1. The third-order valence-electron chi connectivity index (χ3n) is 3.72. The Morgan fingerprint density at radius 3 is 2.64 bits per heavy atom. The van der Waals surface area contributed by atoms with Gasteiger partial charge in [-0.15, -0.1) is 10.2 Å². The van der Waals surface area contributed by atoms with Gasteiger partial charge in [0.25, 0.3) is 0 Å². The zero-order chi connectivity index (χ0) is 20.1. The summed E-state index contributed by atoms with van der Waals surface area (Å²) in [4.78, 5) is 23.4. The van der Waals surface area contributed by atoms with Crippen LogP contribution in [0.3, 0.4) is 0 Å². The summed E-state index contributed by atoms with van der Waals surface area (Å²) >= 11 is 7.23. The van der Waals surface area contributed by atoms with Gasteiger partial charge in [-0.1, -0.05) is 23.4 Å². The summed E-state index contributed by atoms with van der Waals surface area (Å²) in [5.41, 5.74) is 6.73. The molecule has 0 radical (unpaired) electrons. The van der Waals surface area contributed by atoms with Crippen molar-refractivity contribution in [3.05, 3.63) is 59.4 Å². The lowest BCUT2D eigenvalue weighted by Gasteiger charge is -2.08. The fourth-order valence-electron chi connectivity index (χ4n) is 2.36. The van der Waals surface area contributed by atoms with Crippen LogP contribution in [0.15, 0.2) is 53.9 Å². The number of carbonyl (C=O) groups is 2. The molecule has 144 valence electrons. The first kappa shape index (κ1) is 19.7. The predicted molar refractivity (Wildman–Crippen MR) is 107 cm³/mol.